The molecule has 43 heavy (non-hydrogen) atoms. The Morgan fingerprint density at radius 1 is 1.07 bits per heavy atom. The Bertz CT molecular complexity index is 1210. The van der Waals surface area contributed by atoms with Crippen molar-refractivity contribution in [3.63, 3.8) is 0 Å². The minimum atomic E-state index is -1.31. The van der Waals surface area contributed by atoms with Gasteiger partial charge >= 0.3 is 6.09 Å². The quantitative estimate of drug-likeness (QED) is 0.217. The first kappa shape index (κ1) is 32.9. The van der Waals surface area contributed by atoms with Crippen LogP contribution in [0.25, 0.3) is 0 Å². The van der Waals surface area contributed by atoms with Crippen LogP contribution in [0.5, 0.6) is 5.75 Å². The van der Waals surface area contributed by atoms with Crippen molar-refractivity contribution in [1.82, 2.24) is 14.7 Å². The topological polar surface area (TPSA) is 115 Å². The van der Waals surface area contributed by atoms with Gasteiger partial charge in [0.05, 0.1) is 19.2 Å². The van der Waals surface area contributed by atoms with Gasteiger partial charge in [-0.15, -0.1) is 0 Å². The summed E-state index contributed by atoms with van der Waals surface area (Å²) in [7, 11) is -1.31. The van der Waals surface area contributed by atoms with E-state index in [9.17, 15) is 19.2 Å². The van der Waals surface area contributed by atoms with E-state index in [4.69, 9.17) is 18.9 Å². The van der Waals surface area contributed by atoms with E-state index in [-0.39, 0.29) is 50.1 Å². The van der Waals surface area contributed by atoms with Crippen molar-refractivity contribution in [1.29, 1.82) is 0 Å². The molecule has 4 amide bonds. The second-order valence-electron chi connectivity index (χ2n) is 13.8. The van der Waals surface area contributed by atoms with Gasteiger partial charge in [0, 0.05) is 46.2 Å². The highest BCUT2D eigenvalue weighted by atomic mass is 28.3. The maximum atomic E-state index is 13.4. The minimum absolute atomic E-state index is 0.0872. The predicted molar refractivity (Wildman–Crippen MR) is 162 cm³/mol. The lowest BCUT2D eigenvalue weighted by molar-refractivity contribution is -0.158. The number of benzene rings is 1. The normalized spacial score (nSPS) is 23.1. The Hall–Kier alpha value is -2.96. The maximum absolute atomic E-state index is 13.4. The van der Waals surface area contributed by atoms with Crippen molar-refractivity contribution in [3.05, 3.63) is 29.3 Å². The Balaban J connectivity index is 1.41. The molecule has 0 aromatic heterocycles. The summed E-state index contributed by atoms with van der Waals surface area (Å²) < 4.78 is 23.5. The van der Waals surface area contributed by atoms with Gasteiger partial charge < -0.3 is 28.7 Å². The summed E-state index contributed by atoms with van der Waals surface area (Å²) in [5, 5.41) is 0. The summed E-state index contributed by atoms with van der Waals surface area (Å²) in [4.78, 5) is 56.4. The SMILES string of the molecule is CCO[C@@H]1C[C@@H](Oc2ccc3c(c2)CN(C2CCC(=O)N(COCC[Si](C)(C)C)C2=O)C3=O)CN(C(=O)OC(C)(C)C)C1. The second kappa shape index (κ2) is 13.4. The number of likely N-dealkylation sites (tertiary alicyclic amines) is 2. The number of carbonyl (C=O) groups excluding carboxylic acids is 4. The smallest absolute Gasteiger partial charge is 0.410 e. The molecule has 1 unspecified atom stereocenters. The van der Waals surface area contributed by atoms with Crippen LogP contribution >= 0.6 is 0 Å². The lowest BCUT2D eigenvalue weighted by Gasteiger charge is -2.38. The monoisotopic (exact) mass is 617 g/mol. The van der Waals surface area contributed by atoms with Crippen LogP contribution in [-0.2, 0) is 30.3 Å². The molecule has 3 aliphatic rings. The Labute approximate surface area is 255 Å². The van der Waals surface area contributed by atoms with Gasteiger partial charge in [-0.25, -0.2) is 4.79 Å². The molecule has 4 rings (SSSR count). The van der Waals surface area contributed by atoms with E-state index in [0.29, 0.717) is 44.0 Å². The molecule has 12 heteroatoms. The van der Waals surface area contributed by atoms with E-state index in [2.05, 4.69) is 19.6 Å². The first-order chi connectivity index (χ1) is 20.1. The number of imide groups is 1. The van der Waals surface area contributed by atoms with Crippen LogP contribution in [0.4, 0.5) is 4.79 Å². The summed E-state index contributed by atoms with van der Waals surface area (Å²) in [6.45, 7) is 16.1. The zero-order valence-electron chi connectivity index (χ0n) is 26.6. The van der Waals surface area contributed by atoms with Crippen molar-refractivity contribution < 1.29 is 38.1 Å². The third-order valence-corrected chi connectivity index (χ3v) is 9.42. The van der Waals surface area contributed by atoms with Crippen molar-refractivity contribution in [2.45, 2.75) is 103 Å². The fourth-order valence-corrected chi connectivity index (χ4v) is 6.30. The predicted octanol–water partition coefficient (Wildman–Crippen LogP) is 4.27. The number of nitrogens with zero attached hydrogens (tertiary/aromatic N) is 3. The highest BCUT2D eigenvalue weighted by molar-refractivity contribution is 6.76. The van der Waals surface area contributed by atoms with E-state index in [0.717, 1.165) is 16.5 Å². The van der Waals surface area contributed by atoms with Crippen LogP contribution in [0.2, 0.25) is 25.7 Å². The van der Waals surface area contributed by atoms with Crippen molar-refractivity contribution in [2.24, 2.45) is 0 Å². The van der Waals surface area contributed by atoms with Gasteiger partial charge in [-0.2, -0.15) is 0 Å². The molecule has 11 nitrogen and oxygen atoms in total. The Morgan fingerprint density at radius 2 is 1.79 bits per heavy atom. The van der Waals surface area contributed by atoms with Gasteiger partial charge in [-0.05, 0) is 63.9 Å². The third-order valence-electron chi connectivity index (χ3n) is 7.72. The van der Waals surface area contributed by atoms with E-state index < -0.39 is 31.7 Å². The Morgan fingerprint density at radius 3 is 2.47 bits per heavy atom. The molecule has 3 aliphatic heterocycles. The Kier molecular flexibility index (Phi) is 10.2. The molecule has 0 spiro atoms. The van der Waals surface area contributed by atoms with E-state index in [1.54, 1.807) is 21.9 Å². The highest BCUT2D eigenvalue weighted by Gasteiger charge is 2.43. The lowest BCUT2D eigenvalue weighted by Crippen LogP contribution is -2.55. The largest absolute Gasteiger partial charge is 0.488 e. The molecule has 2 fully saturated rings. The number of hydrogen-bond acceptors (Lipinski definition) is 8. The second-order valence-corrected chi connectivity index (χ2v) is 19.4. The number of ether oxygens (including phenoxy) is 4. The molecule has 0 saturated carbocycles. The summed E-state index contributed by atoms with van der Waals surface area (Å²) in [6, 6.07) is 5.49. The van der Waals surface area contributed by atoms with Crippen LogP contribution < -0.4 is 4.74 Å². The average molecular weight is 618 g/mol. The standard InChI is InChI=1S/C31H47N3O8Si/c1-8-40-23-16-24(19-32(18-23)30(38)42-31(2,3)4)41-22-9-10-25-21(15-22)17-33(28(25)36)26-11-12-27(35)34(29(26)37)20-39-13-14-43(5,6)7/h9-10,15,23-24,26H,8,11-14,16-20H2,1-7H3/t23-,24-,26?/m1/s1. The average Bonchev–Trinajstić information content (AvgIpc) is 3.22. The minimum Gasteiger partial charge on any atom is -0.488 e. The van der Waals surface area contributed by atoms with Crippen molar-refractivity contribution in [2.75, 3.05) is 33.0 Å². The number of amides is 4. The maximum Gasteiger partial charge on any atom is 0.410 e. The summed E-state index contributed by atoms with van der Waals surface area (Å²) in [5.74, 6) is -0.332. The lowest BCUT2D eigenvalue weighted by atomic mass is 10.0. The number of fused-ring (bicyclic) bond motifs is 1. The first-order valence-electron chi connectivity index (χ1n) is 15.3. The van der Waals surface area contributed by atoms with Crippen LogP contribution in [0.3, 0.4) is 0 Å². The number of piperidine rings is 2. The highest BCUT2D eigenvalue weighted by Crippen LogP contribution is 2.32. The van der Waals surface area contributed by atoms with Gasteiger partial charge in [0.1, 0.15) is 30.2 Å². The van der Waals surface area contributed by atoms with Gasteiger partial charge in [-0.3, -0.25) is 19.3 Å². The molecule has 0 N–H and O–H groups in total. The van der Waals surface area contributed by atoms with E-state index in [1.165, 1.54) is 0 Å². The van der Waals surface area contributed by atoms with Crippen LogP contribution in [0.1, 0.15) is 62.9 Å². The summed E-state index contributed by atoms with van der Waals surface area (Å²) >= 11 is 0. The fraction of sp³-hybridized carbons (Fsp3) is 0.677. The molecular weight excluding hydrogens is 570 g/mol. The summed E-state index contributed by atoms with van der Waals surface area (Å²) in [5.41, 5.74) is 0.655. The first-order valence-corrected chi connectivity index (χ1v) is 19.0. The zero-order chi connectivity index (χ0) is 31.5. The van der Waals surface area contributed by atoms with E-state index in [1.807, 2.05) is 33.8 Å². The fourth-order valence-electron chi connectivity index (χ4n) is 5.54. The molecule has 238 valence electrons. The van der Waals surface area contributed by atoms with Crippen LogP contribution in [0, 0.1) is 0 Å². The molecule has 1 aromatic carbocycles. The molecular formula is C31H47N3O8Si. The van der Waals surface area contributed by atoms with Crippen molar-refractivity contribution in [3.8, 4) is 5.75 Å². The molecule has 1 aromatic rings. The zero-order valence-corrected chi connectivity index (χ0v) is 27.6. The number of hydrogen-bond donors (Lipinski definition) is 0. The van der Waals surface area contributed by atoms with Crippen LogP contribution in [0.15, 0.2) is 18.2 Å². The van der Waals surface area contributed by atoms with Crippen molar-refractivity contribution >= 4 is 31.9 Å². The number of rotatable bonds is 10. The van der Waals surface area contributed by atoms with Gasteiger partial charge in [0.2, 0.25) is 5.91 Å². The number of carbonyl (C=O) groups is 4. The molecule has 0 aliphatic carbocycles. The molecule has 0 radical (unpaired) electrons. The molecule has 0 bridgehead atoms. The van der Waals surface area contributed by atoms with Gasteiger partial charge in [-0.1, -0.05) is 19.6 Å². The summed E-state index contributed by atoms with van der Waals surface area (Å²) in [6.07, 6.45) is 0.143. The molecule has 3 heterocycles. The third kappa shape index (κ3) is 8.57. The van der Waals surface area contributed by atoms with Gasteiger partial charge in [0.25, 0.3) is 11.8 Å². The molecule has 2 saturated heterocycles. The van der Waals surface area contributed by atoms with Crippen LogP contribution in [-0.4, -0.2) is 103 Å². The van der Waals surface area contributed by atoms with E-state index >= 15 is 0 Å². The van der Waals surface area contributed by atoms with Gasteiger partial charge in [0.15, 0.2) is 0 Å². The molecule has 3 atom stereocenters.